The largest absolute Gasteiger partial charge is 0.382 e. The van der Waals surface area contributed by atoms with Crippen molar-refractivity contribution in [2.45, 2.75) is 26.2 Å². The zero-order valence-corrected chi connectivity index (χ0v) is 8.81. The number of rotatable bonds is 10. The first-order valence-electron chi connectivity index (χ1n) is 5.08. The molecule has 0 bridgehead atoms. The maximum absolute atomic E-state index is 7.98. The van der Waals surface area contributed by atoms with E-state index in [1.54, 1.807) is 0 Å². The van der Waals surface area contributed by atoms with Gasteiger partial charge in [-0.05, 0) is 31.7 Å². The van der Waals surface area contributed by atoms with Gasteiger partial charge in [-0.15, -0.1) is 0 Å². The molecule has 0 radical (unpaired) electrons. The fourth-order valence-corrected chi connectivity index (χ4v) is 0.982. The van der Waals surface area contributed by atoms with Crippen LogP contribution in [0.25, 0.3) is 10.4 Å². The summed E-state index contributed by atoms with van der Waals surface area (Å²) in [5.41, 5.74) is 7.98. The highest BCUT2D eigenvalue weighted by atomic mass is 16.5. The van der Waals surface area contributed by atoms with Crippen molar-refractivity contribution in [1.29, 1.82) is 0 Å². The Morgan fingerprint density at radius 1 is 1.07 bits per heavy atom. The van der Waals surface area contributed by atoms with Gasteiger partial charge in [0.15, 0.2) is 0 Å². The summed E-state index contributed by atoms with van der Waals surface area (Å²) in [5, 5.41) is 3.37. The van der Waals surface area contributed by atoms with Gasteiger partial charge in [0.05, 0.1) is 6.61 Å². The molecule has 5 nitrogen and oxygen atoms in total. The molecule has 0 N–H and O–H groups in total. The minimum absolute atomic E-state index is 0.426. The molecular weight excluding hydrogens is 182 g/mol. The third-order valence-corrected chi connectivity index (χ3v) is 1.68. The lowest BCUT2D eigenvalue weighted by Gasteiger charge is -2.02. The molecule has 0 aliphatic heterocycles. The molecule has 0 aromatic carbocycles. The van der Waals surface area contributed by atoms with Gasteiger partial charge in [0.2, 0.25) is 0 Å². The number of unbranched alkanes of at least 4 members (excludes halogenated alkanes) is 2. The minimum Gasteiger partial charge on any atom is -0.382 e. The molecule has 0 aliphatic rings. The highest BCUT2D eigenvalue weighted by Gasteiger charge is 1.90. The first-order valence-corrected chi connectivity index (χ1v) is 5.08. The van der Waals surface area contributed by atoms with E-state index in [0.717, 1.165) is 39.1 Å². The Balaban J connectivity index is 2.88. The average molecular weight is 201 g/mol. The SMILES string of the molecule is CCOCCCCCOCCN=[N+]=[N-]. The lowest BCUT2D eigenvalue weighted by atomic mass is 10.2. The van der Waals surface area contributed by atoms with E-state index in [2.05, 4.69) is 10.0 Å². The molecule has 0 saturated heterocycles. The Bertz CT molecular complexity index is 158. The number of ether oxygens (including phenoxy) is 2. The topological polar surface area (TPSA) is 67.2 Å². The molecule has 0 spiro atoms. The molecule has 0 rings (SSSR count). The number of nitrogens with zero attached hydrogens (tertiary/aromatic N) is 3. The summed E-state index contributed by atoms with van der Waals surface area (Å²) in [7, 11) is 0. The van der Waals surface area contributed by atoms with E-state index in [1.807, 2.05) is 6.92 Å². The van der Waals surface area contributed by atoms with E-state index in [9.17, 15) is 0 Å². The third kappa shape index (κ3) is 11.2. The van der Waals surface area contributed by atoms with Gasteiger partial charge in [0, 0.05) is 31.3 Å². The van der Waals surface area contributed by atoms with Crippen molar-refractivity contribution in [2.24, 2.45) is 5.11 Å². The van der Waals surface area contributed by atoms with Crippen LogP contribution >= 0.6 is 0 Å². The quantitative estimate of drug-likeness (QED) is 0.236. The van der Waals surface area contributed by atoms with Crippen LogP contribution in [-0.2, 0) is 9.47 Å². The lowest BCUT2D eigenvalue weighted by molar-refractivity contribution is 0.124. The van der Waals surface area contributed by atoms with Crippen LogP contribution in [0.4, 0.5) is 0 Å². The first kappa shape index (κ1) is 13.2. The molecule has 0 unspecified atom stereocenters. The Morgan fingerprint density at radius 2 is 1.79 bits per heavy atom. The van der Waals surface area contributed by atoms with Crippen molar-refractivity contribution in [1.82, 2.24) is 0 Å². The van der Waals surface area contributed by atoms with Gasteiger partial charge < -0.3 is 9.47 Å². The summed E-state index contributed by atoms with van der Waals surface area (Å²) < 4.78 is 10.4. The van der Waals surface area contributed by atoms with Crippen molar-refractivity contribution in [2.75, 3.05) is 33.0 Å². The average Bonchev–Trinajstić information content (AvgIpc) is 2.21. The van der Waals surface area contributed by atoms with Crippen molar-refractivity contribution in [3.8, 4) is 0 Å². The molecule has 0 heterocycles. The highest BCUT2D eigenvalue weighted by molar-refractivity contribution is 4.45. The standard InChI is InChI=1S/C9H19N3O2/c1-2-13-7-4-3-5-8-14-9-6-11-12-10/h2-9H2,1H3. The first-order chi connectivity index (χ1) is 6.91. The van der Waals surface area contributed by atoms with Gasteiger partial charge in [-0.25, -0.2) is 0 Å². The summed E-state index contributed by atoms with van der Waals surface area (Å²) in [6.45, 7) is 5.33. The monoisotopic (exact) mass is 201 g/mol. The van der Waals surface area contributed by atoms with Crippen LogP contribution in [0.1, 0.15) is 26.2 Å². The van der Waals surface area contributed by atoms with Gasteiger partial charge in [-0.1, -0.05) is 5.11 Å². The van der Waals surface area contributed by atoms with E-state index in [0.29, 0.717) is 13.2 Å². The summed E-state index contributed by atoms with van der Waals surface area (Å²) in [6, 6.07) is 0. The summed E-state index contributed by atoms with van der Waals surface area (Å²) in [5.74, 6) is 0. The molecular formula is C9H19N3O2. The van der Waals surface area contributed by atoms with Crippen LogP contribution in [-0.4, -0.2) is 33.0 Å². The predicted molar refractivity (Wildman–Crippen MR) is 55.2 cm³/mol. The molecule has 82 valence electrons. The second-order valence-electron chi connectivity index (χ2n) is 2.82. The molecule has 14 heavy (non-hydrogen) atoms. The smallest absolute Gasteiger partial charge is 0.0522 e. The zero-order chi connectivity index (χ0) is 10.5. The molecule has 0 fully saturated rings. The molecule has 5 heteroatoms. The molecule has 0 saturated carbocycles. The number of azide groups is 1. The Labute approximate surface area is 85.0 Å². The number of hydrogen-bond donors (Lipinski definition) is 0. The van der Waals surface area contributed by atoms with Crippen LogP contribution in [0.5, 0.6) is 0 Å². The number of hydrogen-bond acceptors (Lipinski definition) is 3. The van der Waals surface area contributed by atoms with Gasteiger partial charge in [0.1, 0.15) is 0 Å². The summed E-state index contributed by atoms with van der Waals surface area (Å²) in [6.07, 6.45) is 3.26. The second kappa shape index (κ2) is 12.2. The van der Waals surface area contributed by atoms with Crippen molar-refractivity contribution >= 4 is 0 Å². The van der Waals surface area contributed by atoms with Crippen molar-refractivity contribution in [3.05, 3.63) is 10.4 Å². The molecule has 0 aromatic rings. The van der Waals surface area contributed by atoms with Gasteiger partial charge in [-0.2, -0.15) is 0 Å². The Kier molecular flexibility index (Phi) is 11.6. The van der Waals surface area contributed by atoms with E-state index in [-0.39, 0.29) is 0 Å². The van der Waals surface area contributed by atoms with E-state index >= 15 is 0 Å². The zero-order valence-electron chi connectivity index (χ0n) is 8.81. The van der Waals surface area contributed by atoms with Crippen LogP contribution in [0.2, 0.25) is 0 Å². The molecule has 0 aromatic heterocycles. The molecule has 0 aliphatic carbocycles. The van der Waals surface area contributed by atoms with Crippen LogP contribution in [0.3, 0.4) is 0 Å². The third-order valence-electron chi connectivity index (χ3n) is 1.68. The van der Waals surface area contributed by atoms with Crippen molar-refractivity contribution in [3.63, 3.8) is 0 Å². The molecule has 0 atom stereocenters. The lowest BCUT2D eigenvalue weighted by Crippen LogP contribution is -2.00. The van der Waals surface area contributed by atoms with Gasteiger partial charge in [-0.3, -0.25) is 0 Å². The van der Waals surface area contributed by atoms with Gasteiger partial charge >= 0.3 is 0 Å². The molecule has 0 amide bonds. The normalized spacial score (nSPS) is 9.79. The fourth-order valence-electron chi connectivity index (χ4n) is 0.982. The van der Waals surface area contributed by atoms with E-state index in [4.69, 9.17) is 15.0 Å². The summed E-state index contributed by atoms with van der Waals surface area (Å²) >= 11 is 0. The van der Waals surface area contributed by atoms with Gasteiger partial charge in [0.25, 0.3) is 0 Å². The maximum Gasteiger partial charge on any atom is 0.0522 e. The maximum atomic E-state index is 7.98. The fraction of sp³-hybridized carbons (Fsp3) is 1.00. The second-order valence-corrected chi connectivity index (χ2v) is 2.82. The van der Waals surface area contributed by atoms with Crippen LogP contribution in [0, 0.1) is 0 Å². The Hall–Kier alpha value is -0.770. The summed E-state index contributed by atoms with van der Waals surface area (Å²) in [4.78, 5) is 2.63. The minimum atomic E-state index is 0.426. The predicted octanol–water partition coefficient (Wildman–Crippen LogP) is 2.52. The Morgan fingerprint density at radius 3 is 2.43 bits per heavy atom. The highest BCUT2D eigenvalue weighted by Crippen LogP contribution is 1.96. The van der Waals surface area contributed by atoms with Crippen LogP contribution < -0.4 is 0 Å². The van der Waals surface area contributed by atoms with Crippen molar-refractivity contribution < 1.29 is 9.47 Å². The van der Waals surface area contributed by atoms with Crippen LogP contribution in [0.15, 0.2) is 5.11 Å². The van der Waals surface area contributed by atoms with E-state index < -0.39 is 0 Å². The van der Waals surface area contributed by atoms with E-state index in [1.165, 1.54) is 0 Å².